The Morgan fingerprint density at radius 2 is 1.79 bits per heavy atom. The van der Waals surface area contributed by atoms with Crippen molar-refractivity contribution in [2.24, 2.45) is 5.92 Å². The van der Waals surface area contributed by atoms with Gasteiger partial charge >= 0.3 is 0 Å². The van der Waals surface area contributed by atoms with Gasteiger partial charge in [0.15, 0.2) is 0 Å². The molecule has 0 aliphatic carbocycles. The van der Waals surface area contributed by atoms with Crippen LogP contribution in [0.5, 0.6) is 0 Å². The predicted molar refractivity (Wildman–Crippen MR) is 60.5 cm³/mol. The van der Waals surface area contributed by atoms with Gasteiger partial charge in [-0.2, -0.15) is 0 Å². The van der Waals surface area contributed by atoms with E-state index in [1.165, 1.54) is 38.9 Å². The topological polar surface area (TPSA) is 6.48 Å². The highest BCUT2D eigenvalue weighted by molar-refractivity contribution is 4.89. The van der Waals surface area contributed by atoms with Crippen LogP contribution >= 0.6 is 0 Å². The van der Waals surface area contributed by atoms with Crippen molar-refractivity contribution >= 4 is 0 Å². The maximum Gasteiger partial charge on any atom is 0.0108 e. The molecule has 14 heavy (non-hydrogen) atoms. The van der Waals surface area contributed by atoms with E-state index in [9.17, 15) is 0 Å². The zero-order chi connectivity index (χ0) is 10.1. The molecule has 2 fully saturated rings. The summed E-state index contributed by atoms with van der Waals surface area (Å²) in [6, 6.07) is 1.57. The zero-order valence-electron chi connectivity index (χ0n) is 9.87. The Balaban J connectivity index is 1.86. The van der Waals surface area contributed by atoms with Crippen molar-refractivity contribution < 1.29 is 0 Å². The van der Waals surface area contributed by atoms with Crippen LogP contribution in [0.4, 0.5) is 0 Å². The molecule has 0 amide bonds. The molecule has 0 spiro atoms. The van der Waals surface area contributed by atoms with E-state index in [4.69, 9.17) is 0 Å². The molecule has 0 bridgehead atoms. The minimum atomic E-state index is 0.783. The van der Waals surface area contributed by atoms with Gasteiger partial charge in [-0.1, -0.05) is 0 Å². The van der Waals surface area contributed by atoms with E-state index < -0.39 is 0 Å². The Morgan fingerprint density at radius 3 is 2.29 bits per heavy atom. The lowest BCUT2D eigenvalue weighted by atomic mass is 10.00. The molecule has 0 saturated carbocycles. The fourth-order valence-corrected chi connectivity index (χ4v) is 3.06. The molecule has 0 aromatic carbocycles. The molecule has 2 heterocycles. The fraction of sp³-hybridized carbons (Fsp3) is 1.00. The molecule has 0 aromatic rings. The molecule has 2 aliphatic heterocycles. The summed E-state index contributed by atoms with van der Waals surface area (Å²) in [5.41, 5.74) is 0. The zero-order valence-corrected chi connectivity index (χ0v) is 9.87. The van der Waals surface area contributed by atoms with Gasteiger partial charge in [-0.15, -0.1) is 0 Å². The largest absolute Gasteiger partial charge is 0.303 e. The van der Waals surface area contributed by atoms with E-state index >= 15 is 0 Å². The highest BCUT2D eigenvalue weighted by Gasteiger charge is 2.34. The maximum absolute atomic E-state index is 2.66. The lowest BCUT2D eigenvalue weighted by molar-refractivity contribution is 0.216. The van der Waals surface area contributed by atoms with Gasteiger partial charge in [0.1, 0.15) is 0 Å². The highest BCUT2D eigenvalue weighted by atomic mass is 15.2. The molecule has 2 aliphatic rings. The molecule has 0 N–H and O–H groups in total. The highest BCUT2D eigenvalue weighted by Crippen LogP contribution is 2.29. The van der Waals surface area contributed by atoms with Crippen LogP contribution in [0.25, 0.3) is 0 Å². The molecule has 0 aromatic heterocycles. The van der Waals surface area contributed by atoms with Crippen LogP contribution in [0, 0.1) is 5.92 Å². The van der Waals surface area contributed by atoms with Gasteiger partial charge in [-0.25, -0.2) is 0 Å². The van der Waals surface area contributed by atoms with Gasteiger partial charge in [-0.3, -0.25) is 0 Å². The summed E-state index contributed by atoms with van der Waals surface area (Å²) in [5, 5.41) is 0. The van der Waals surface area contributed by atoms with Crippen LogP contribution in [0.15, 0.2) is 0 Å². The van der Waals surface area contributed by atoms with Crippen molar-refractivity contribution in [1.82, 2.24) is 9.80 Å². The monoisotopic (exact) mass is 196 g/mol. The van der Waals surface area contributed by atoms with E-state index in [1.54, 1.807) is 0 Å². The molecule has 3 atom stereocenters. The van der Waals surface area contributed by atoms with Crippen molar-refractivity contribution in [2.45, 2.75) is 45.2 Å². The van der Waals surface area contributed by atoms with E-state index in [0.717, 1.165) is 18.0 Å². The van der Waals surface area contributed by atoms with Crippen molar-refractivity contribution in [1.29, 1.82) is 0 Å². The molecule has 82 valence electrons. The second-order valence-corrected chi connectivity index (χ2v) is 5.26. The second-order valence-electron chi connectivity index (χ2n) is 5.26. The number of hydrogen-bond donors (Lipinski definition) is 0. The van der Waals surface area contributed by atoms with Gasteiger partial charge in [0.2, 0.25) is 0 Å². The minimum Gasteiger partial charge on any atom is -0.303 e. The Hall–Kier alpha value is -0.0800. The minimum absolute atomic E-state index is 0.783. The molecule has 2 unspecified atom stereocenters. The van der Waals surface area contributed by atoms with E-state index in [0.29, 0.717) is 0 Å². The van der Waals surface area contributed by atoms with Crippen LogP contribution in [0.2, 0.25) is 0 Å². The average molecular weight is 196 g/mol. The van der Waals surface area contributed by atoms with Gasteiger partial charge in [0.25, 0.3) is 0 Å². The first-order chi connectivity index (χ1) is 6.68. The second kappa shape index (κ2) is 4.19. The Bertz CT molecular complexity index is 187. The SMILES string of the molecule is CC1CC(CN2CCCC2)[C@@H](C)N1C. The van der Waals surface area contributed by atoms with Crippen molar-refractivity contribution in [3.05, 3.63) is 0 Å². The van der Waals surface area contributed by atoms with E-state index in [2.05, 4.69) is 30.7 Å². The molecule has 2 heteroatoms. The predicted octanol–water partition coefficient (Wildman–Crippen LogP) is 1.81. The summed E-state index contributed by atoms with van der Waals surface area (Å²) in [5.74, 6) is 0.910. The molecular weight excluding hydrogens is 172 g/mol. The Labute approximate surface area is 88.3 Å². The molecule has 2 nitrogen and oxygen atoms in total. The third-order valence-electron chi connectivity index (χ3n) is 4.36. The standard InChI is InChI=1S/C12H24N2/c1-10-8-12(11(2)13(10)3)9-14-6-4-5-7-14/h10-12H,4-9H2,1-3H3/t10?,11-,12?/m1/s1. The third-order valence-corrected chi connectivity index (χ3v) is 4.36. The maximum atomic E-state index is 2.66. The summed E-state index contributed by atoms with van der Waals surface area (Å²) >= 11 is 0. The molecule has 2 saturated heterocycles. The quantitative estimate of drug-likeness (QED) is 0.664. The summed E-state index contributed by atoms with van der Waals surface area (Å²) in [4.78, 5) is 5.20. The fourth-order valence-electron chi connectivity index (χ4n) is 3.06. The first-order valence-electron chi connectivity index (χ1n) is 6.13. The molecule has 2 rings (SSSR count). The van der Waals surface area contributed by atoms with Crippen LogP contribution < -0.4 is 0 Å². The summed E-state index contributed by atoms with van der Waals surface area (Å²) < 4.78 is 0. The molecule has 0 radical (unpaired) electrons. The van der Waals surface area contributed by atoms with Crippen LogP contribution in [0.3, 0.4) is 0 Å². The van der Waals surface area contributed by atoms with E-state index in [1.807, 2.05) is 0 Å². The van der Waals surface area contributed by atoms with E-state index in [-0.39, 0.29) is 0 Å². The van der Waals surface area contributed by atoms with Crippen LogP contribution in [0.1, 0.15) is 33.1 Å². The van der Waals surface area contributed by atoms with Gasteiger partial charge in [0, 0.05) is 18.6 Å². The molecular formula is C12H24N2. The van der Waals surface area contributed by atoms with Crippen LogP contribution in [-0.2, 0) is 0 Å². The third kappa shape index (κ3) is 1.96. The smallest absolute Gasteiger partial charge is 0.0108 e. The number of likely N-dealkylation sites (tertiary alicyclic amines) is 2. The first kappa shape index (κ1) is 10.4. The summed E-state index contributed by atoms with van der Waals surface area (Å²) in [6.45, 7) is 8.79. The van der Waals surface area contributed by atoms with Crippen molar-refractivity contribution in [2.75, 3.05) is 26.7 Å². The Morgan fingerprint density at radius 1 is 1.14 bits per heavy atom. The lowest BCUT2D eigenvalue weighted by Gasteiger charge is -2.25. The summed E-state index contributed by atoms with van der Waals surface area (Å²) in [6.07, 6.45) is 4.24. The van der Waals surface area contributed by atoms with Gasteiger partial charge < -0.3 is 9.80 Å². The van der Waals surface area contributed by atoms with Crippen molar-refractivity contribution in [3.63, 3.8) is 0 Å². The van der Waals surface area contributed by atoms with Crippen molar-refractivity contribution in [3.8, 4) is 0 Å². The van der Waals surface area contributed by atoms with Gasteiger partial charge in [0.05, 0.1) is 0 Å². The first-order valence-corrected chi connectivity index (χ1v) is 6.13. The lowest BCUT2D eigenvalue weighted by Crippen LogP contribution is -2.34. The van der Waals surface area contributed by atoms with Gasteiger partial charge in [-0.05, 0) is 59.2 Å². The van der Waals surface area contributed by atoms with Crippen LogP contribution in [-0.4, -0.2) is 48.6 Å². The summed E-state index contributed by atoms with van der Waals surface area (Å²) in [7, 11) is 2.28. The number of hydrogen-bond acceptors (Lipinski definition) is 2. The number of nitrogens with zero attached hydrogens (tertiary/aromatic N) is 2. The normalized spacial score (nSPS) is 40.9. The Kier molecular flexibility index (Phi) is 3.13. The number of rotatable bonds is 2. The average Bonchev–Trinajstić information content (AvgIpc) is 2.73.